The zero-order valence-electron chi connectivity index (χ0n) is 12.9. The number of aromatic nitrogens is 2. The Morgan fingerprint density at radius 2 is 1.96 bits per heavy atom. The molecule has 2 aliphatic heterocycles. The Hall–Kier alpha value is -2.35. The minimum absolute atomic E-state index is 0.00998. The number of hydrogen-bond acceptors (Lipinski definition) is 3. The van der Waals surface area contributed by atoms with Crippen LogP contribution in [0.5, 0.6) is 0 Å². The van der Waals surface area contributed by atoms with Crippen molar-refractivity contribution in [2.45, 2.75) is 25.7 Å². The molecule has 0 aliphatic carbocycles. The van der Waals surface area contributed by atoms with Crippen LogP contribution in [0.2, 0.25) is 0 Å². The van der Waals surface area contributed by atoms with E-state index in [0.29, 0.717) is 12.2 Å². The van der Waals surface area contributed by atoms with E-state index in [2.05, 4.69) is 10.4 Å². The minimum Gasteiger partial charge on any atom is -0.340 e. The molecule has 0 radical (unpaired) electrons. The van der Waals surface area contributed by atoms with Crippen LogP contribution in [-0.2, 0) is 25.7 Å². The van der Waals surface area contributed by atoms with E-state index in [4.69, 9.17) is 0 Å². The van der Waals surface area contributed by atoms with E-state index in [1.807, 2.05) is 6.07 Å². The van der Waals surface area contributed by atoms with E-state index in [-0.39, 0.29) is 24.2 Å². The maximum Gasteiger partial charge on any atom is 0.435 e. The predicted molar refractivity (Wildman–Crippen MR) is 79.8 cm³/mol. The minimum atomic E-state index is -4.58. The molecular formula is C16H15F3N4O. The predicted octanol–water partition coefficient (Wildman–Crippen LogP) is 2.12. The number of rotatable bonds is 1. The van der Waals surface area contributed by atoms with Crippen LogP contribution in [0.1, 0.15) is 32.9 Å². The van der Waals surface area contributed by atoms with Crippen LogP contribution >= 0.6 is 0 Å². The Kier molecular flexibility index (Phi) is 3.21. The highest BCUT2D eigenvalue weighted by molar-refractivity contribution is 5.96. The molecule has 0 spiro atoms. The van der Waals surface area contributed by atoms with Crippen molar-refractivity contribution in [3.63, 3.8) is 0 Å². The molecule has 0 unspecified atom stereocenters. The molecule has 3 heterocycles. The molecule has 1 aromatic carbocycles. The van der Waals surface area contributed by atoms with Gasteiger partial charge in [-0.2, -0.15) is 18.3 Å². The van der Waals surface area contributed by atoms with Gasteiger partial charge in [-0.1, -0.05) is 6.07 Å². The summed E-state index contributed by atoms with van der Waals surface area (Å²) < 4.78 is 41.2. The van der Waals surface area contributed by atoms with Crippen molar-refractivity contribution in [1.82, 2.24) is 20.0 Å². The zero-order chi connectivity index (χ0) is 17.1. The normalized spacial score (nSPS) is 17.2. The molecular weight excluding hydrogens is 321 g/mol. The fourth-order valence-electron chi connectivity index (χ4n) is 3.30. The maximum absolute atomic E-state index is 13.3. The highest BCUT2D eigenvalue weighted by atomic mass is 19.4. The summed E-state index contributed by atoms with van der Waals surface area (Å²) in [4.78, 5) is 13.9. The Bertz CT molecular complexity index is 841. The molecule has 0 bridgehead atoms. The van der Waals surface area contributed by atoms with Gasteiger partial charge in [-0.05, 0) is 29.7 Å². The van der Waals surface area contributed by atoms with Gasteiger partial charge in [-0.25, -0.2) is 4.68 Å². The molecule has 24 heavy (non-hydrogen) atoms. The van der Waals surface area contributed by atoms with Crippen LogP contribution in [0.3, 0.4) is 0 Å². The van der Waals surface area contributed by atoms with Crippen LogP contribution in [-0.4, -0.2) is 34.2 Å². The summed E-state index contributed by atoms with van der Waals surface area (Å²) in [5, 5.41) is 6.96. The summed E-state index contributed by atoms with van der Waals surface area (Å²) in [5.74, 6) is -0.433. The van der Waals surface area contributed by atoms with Gasteiger partial charge in [-0.3, -0.25) is 4.79 Å². The van der Waals surface area contributed by atoms with E-state index in [0.717, 1.165) is 22.4 Å². The van der Waals surface area contributed by atoms with E-state index in [9.17, 15) is 18.0 Å². The Labute approximate surface area is 136 Å². The van der Waals surface area contributed by atoms with Gasteiger partial charge in [0, 0.05) is 32.2 Å². The number of likely N-dealkylation sites (N-methyl/N-ethyl adjacent to an activating group) is 1. The fourth-order valence-corrected chi connectivity index (χ4v) is 3.30. The van der Waals surface area contributed by atoms with E-state index >= 15 is 0 Å². The largest absolute Gasteiger partial charge is 0.435 e. The smallest absolute Gasteiger partial charge is 0.340 e. The van der Waals surface area contributed by atoms with Gasteiger partial charge in [0.2, 0.25) is 0 Å². The van der Waals surface area contributed by atoms with Gasteiger partial charge in [0.25, 0.3) is 5.91 Å². The van der Waals surface area contributed by atoms with Crippen LogP contribution in [0.25, 0.3) is 5.69 Å². The number of hydrogen-bond donors (Lipinski definition) is 1. The van der Waals surface area contributed by atoms with Gasteiger partial charge < -0.3 is 10.2 Å². The van der Waals surface area contributed by atoms with Crippen LogP contribution in [0.4, 0.5) is 13.2 Å². The lowest BCUT2D eigenvalue weighted by Gasteiger charge is -2.23. The second-order valence-corrected chi connectivity index (χ2v) is 6.12. The lowest BCUT2D eigenvalue weighted by atomic mass is 10.0. The summed E-state index contributed by atoms with van der Waals surface area (Å²) >= 11 is 0. The molecule has 8 heteroatoms. The van der Waals surface area contributed by atoms with Gasteiger partial charge in [0.05, 0.1) is 5.69 Å². The molecule has 2 aromatic rings. The topological polar surface area (TPSA) is 50.2 Å². The Balaban J connectivity index is 1.92. The first-order chi connectivity index (χ1) is 11.4. The average Bonchev–Trinajstić information content (AvgIpc) is 3.13. The summed E-state index contributed by atoms with van der Waals surface area (Å²) in [7, 11) is 1.59. The number of carbonyl (C=O) groups excluding carboxylic acids is 1. The third-order valence-electron chi connectivity index (χ3n) is 4.56. The number of benzene rings is 1. The van der Waals surface area contributed by atoms with Crippen LogP contribution in [0, 0.1) is 0 Å². The number of nitrogens with zero attached hydrogens (tertiary/aromatic N) is 3. The summed E-state index contributed by atoms with van der Waals surface area (Å²) in [5.41, 5.74) is 1.65. The summed E-state index contributed by atoms with van der Waals surface area (Å²) in [6, 6.07) is 5.37. The highest BCUT2D eigenvalue weighted by Crippen LogP contribution is 2.36. The van der Waals surface area contributed by atoms with Gasteiger partial charge in [-0.15, -0.1) is 0 Å². The Morgan fingerprint density at radius 1 is 1.21 bits per heavy atom. The van der Waals surface area contributed by atoms with Crippen molar-refractivity contribution in [3.8, 4) is 5.69 Å². The first kappa shape index (κ1) is 15.2. The number of amides is 1. The zero-order valence-corrected chi connectivity index (χ0v) is 12.9. The lowest BCUT2D eigenvalue weighted by molar-refractivity contribution is -0.142. The molecule has 5 nitrogen and oxygen atoms in total. The molecule has 1 aromatic heterocycles. The molecule has 1 N–H and O–H groups in total. The van der Waals surface area contributed by atoms with Crippen molar-refractivity contribution in [1.29, 1.82) is 0 Å². The molecule has 0 saturated heterocycles. The SMILES string of the molecule is CN1CCc2c(C(F)(F)F)nn(-c3ccc4c(c3)CNC4)c2C1=O. The molecule has 0 saturated carbocycles. The molecule has 4 rings (SSSR count). The number of nitrogens with one attached hydrogen (secondary N) is 1. The second kappa shape index (κ2) is 5.07. The highest BCUT2D eigenvalue weighted by Gasteiger charge is 2.42. The third kappa shape index (κ3) is 2.21. The monoisotopic (exact) mass is 336 g/mol. The summed E-state index contributed by atoms with van der Waals surface area (Å²) in [6.07, 6.45) is -4.43. The van der Waals surface area contributed by atoms with Gasteiger partial charge in [0.15, 0.2) is 5.69 Å². The molecule has 2 aliphatic rings. The number of carbonyl (C=O) groups is 1. The standard InChI is InChI=1S/C16H15F3N4O/c1-22-5-4-12-13(15(22)24)23(21-14(12)16(17,18)19)11-3-2-9-7-20-8-10(9)6-11/h2-3,6,20H,4-5,7-8H2,1H3. The van der Waals surface area contributed by atoms with Crippen molar-refractivity contribution in [3.05, 3.63) is 46.3 Å². The maximum atomic E-state index is 13.3. The van der Waals surface area contributed by atoms with Crippen molar-refractivity contribution < 1.29 is 18.0 Å². The van der Waals surface area contributed by atoms with E-state index in [1.54, 1.807) is 19.2 Å². The second-order valence-electron chi connectivity index (χ2n) is 6.12. The fraction of sp³-hybridized carbons (Fsp3) is 0.375. The quantitative estimate of drug-likeness (QED) is 0.868. The lowest BCUT2D eigenvalue weighted by Crippen LogP contribution is -2.35. The number of fused-ring (bicyclic) bond motifs is 2. The van der Waals surface area contributed by atoms with E-state index in [1.165, 1.54) is 4.90 Å². The van der Waals surface area contributed by atoms with Crippen molar-refractivity contribution >= 4 is 5.91 Å². The average molecular weight is 336 g/mol. The molecule has 1 amide bonds. The third-order valence-corrected chi connectivity index (χ3v) is 4.56. The molecule has 0 atom stereocenters. The van der Waals surface area contributed by atoms with Gasteiger partial charge in [0.1, 0.15) is 5.69 Å². The first-order valence-corrected chi connectivity index (χ1v) is 7.63. The number of alkyl halides is 3. The Morgan fingerprint density at radius 3 is 2.71 bits per heavy atom. The van der Waals surface area contributed by atoms with Crippen molar-refractivity contribution in [2.24, 2.45) is 0 Å². The van der Waals surface area contributed by atoms with Crippen LogP contribution in [0.15, 0.2) is 18.2 Å². The van der Waals surface area contributed by atoms with E-state index < -0.39 is 17.8 Å². The summed E-state index contributed by atoms with van der Waals surface area (Å²) in [6.45, 7) is 1.66. The first-order valence-electron chi connectivity index (χ1n) is 7.63. The molecule has 126 valence electrons. The number of halogens is 3. The van der Waals surface area contributed by atoms with Gasteiger partial charge >= 0.3 is 6.18 Å². The van der Waals surface area contributed by atoms with Crippen LogP contribution < -0.4 is 5.32 Å². The van der Waals surface area contributed by atoms with Crippen molar-refractivity contribution in [2.75, 3.05) is 13.6 Å². The molecule has 0 fully saturated rings.